The van der Waals surface area contributed by atoms with Crippen LogP contribution >= 0.6 is 11.6 Å². The third-order valence-corrected chi connectivity index (χ3v) is 2.86. The number of nitrogens with two attached hydrogens (primary N) is 1. The molecule has 0 fully saturated rings. The van der Waals surface area contributed by atoms with Crippen LogP contribution in [0, 0.1) is 0 Å². The molecule has 7 heteroatoms. The minimum absolute atomic E-state index is 0.0917. The second-order valence-electron chi connectivity index (χ2n) is 3.89. The predicted octanol–water partition coefficient (Wildman–Crippen LogP) is 0.337. The SMILES string of the molecule is NC(=O)c1ccccc1Cn1cc(Cl)c(=O)[nH]c1=O. The number of halogens is 1. The van der Waals surface area contributed by atoms with Gasteiger partial charge < -0.3 is 5.73 Å². The molecule has 0 atom stereocenters. The van der Waals surface area contributed by atoms with E-state index in [4.69, 9.17) is 17.3 Å². The molecule has 0 unspecified atom stereocenters. The Kier molecular flexibility index (Phi) is 3.52. The summed E-state index contributed by atoms with van der Waals surface area (Å²) >= 11 is 5.66. The van der Waals surface area contributed by atoms with Gasteiger partial charge in [0.05, 0.1) is 6.54 Å². The standard InChI is InChI=1S/C12H10ClN3O3/c13-9-6-16(12(19)15-11(9)18)5-7-3-1-2-4-8(7)10(14)17/h1-4,6H,5H2,(H2,14,17)(H,15,18,19). The van der Waals surface area contributed by atoms with E-state index < -0.39 is 17.2 Å². The van der Waals surface area contributed by atoms with Gasteiger partial charge in [-0.1, -0.05) is 29.8 Å². The number of amides is 1. The highest BCUT2D eigenvalue weighted by Gasteiger charge is 2.09. The van der Waals surface area contributed by atoms with Crippen LogP contribution in [0.15, 0.2) is 40.1 Å². The van der Waals surface area contributed by atoms with Gasteiger partial charge in [-0.05, 0) is 11.6 Å². The highest BCUT2D eigenvalue weighted by Crippen LogP contribution is 2.09. The van der Waals surface area contributed by atoms with Gasteiger partial charge in [0.15, 0.2) is 0 Å². The van der Waals surface area contributed by atoms with Crippen molar-refractivity contribution in [3.05, 3.63) is 67.4 Å². The van der Waals surface area contributed by atoms with E-state index in [1.54, 1.807) is 24.3 Å². The maximum atomic E-state index is 11.6. The molecule has 19 heavy (non-hydrogen) atoms. The first-order valence-electron chi connectivity index (χ1n) is 5.36. The number of hydrogen-bond acceptors (Lipinski definition) is 3. The van der Waals surface area contributed by atoms with Gasteiger partial charge >= 0.3 is 5.69 Å². The van der Waals surface area contributed by atoms with Gasteiger partial charge in [0.25, 0.3) is 5.56 Å². The summed E-state index contributed by atoms with van der Waals surface area (Å²) < 4.78 is 1.20. The van der Waals surface area contributed by atoms with Crippen LogP contribution in [0.4, 0.5) is 0 Å². The number of aromatic amines is 1. The maximum absolute atomic E-state index is 11.6. The van der Waals surface area contributed by atoms with E-state index in [-0.39, 0.29) is 11.6 Å². The molecule has 0 aliphatic carbocycles. The van der Waals surface area contributed by atoms with Crippen LogP contribution in [0.25, 0.3) is 0 Å². The second-order valence-corrected chi connectivity index (χ2v) is 4.29. The van der Waals surface area contributed by atoms with Gasteiger partial charge in [-0.2, -0.15) is 0 Å². The molecule has 2 aromatic rings. The number of primary amides is 1. The third kappa shape index (κ3) is 2.74. The Balaban J connectivity index is 2.48. The molecule has 2 rings (SSSR count). The number of nitrogens with one attached hydrogen (secondary N) is 1. The molecule has 0 radical (unpaired) electrons. The van der Waals surface area contributed by atoms with Crippen molar-refractivity contribution < 1.29 is 4.79 Å². The molecule has 0 aliphatic rings. The number of hydrogen-bond donors (Lipinski definition) is 2. The van der Waals surface area contributed by atoms with Crippen molar-refractivity contribution in [2.45, 2.75) is 6.54 Å². The highest BCUT2D eigenvalue weighted by molar-refractivity contribution is 6.30. The lowest BCUT2D eigenvalue weighted by atomic mass is 10.1. The number of carbonyl (C=O) groups is 1. The Morgan fingerprint density at radius 1 is 1.32 bits per heavy atom. The molecule has 1 aromatic heterocycles. The van der Waals surface area contributed by atoms with Gasteiger partial charge in [-0.15, -0.1) is 0 Å². The van der Waals surface area contributed by atoms with Crippen molar-refractivity contribution in [3.8, 4) is 0 Å². The molecule has 0 aliphatic heterocycles. The molecule has 1 amide bonds. The summed E-state index contributed by atoms with van der Waals surface area (Å²) in [6.07, 6.45) is 1.22. The van der Waals surface area contributed by atoms with E-state index in [1.807, 2.05) is 0 Å². The summed E-state index contributed by atoms with van der Waals surface area (Å²) in [5.41, 5.74) is 4.89. The number of carbonyl (C=O) groups excluding carboxylic acids is 1. The Morgan fingerprint density at radius 3 is 2.68 bits per heavy atom. The molecule has 6 nitrogen and oxygen atoms in total. The quantitative estimate of drug-likeness (QED) is 0.847. The number of rotatable bonds is 3. The van der Waals surface area contributed by atoms with Crippen LogP contribution < -0.4 is 17.0 Å². The topological polar surface area (TPSA) is 97.9 Å². The zero-order valence-electron chi connectivity index (χ0n) is 9.72. The van der Waals surface area contributed by atoms with Crippen LogP contribution in [0.5, 0.6) is 0 Å². The minimum atomic E-state index is -0.647. The second kappa shape index (κ2) is 5.11. The van der Waals surface area contributed by atoms with Crippen LogP contribution in [0.2, 0.25) is 5.02 Å². The predicted molar refractivity (Wildman–Crippen MR) is 70.4 cm³/mol. The zero-order chi connectivity index (χ0) is 14.0. The average molecular weight is 280 g/mol. The Bertz CT molecular complexity index is 748. The average Bonchev–Trinajstić information content (AvgIpc) is 2.36. The van der Waals surface area contributed by atoms with Gasteiger partial charge in [0.2, 0.25) is 5.91 Å². The highest BCUT2D eigenvalue weighted by atomic mass is 35.5. The number of aromatic nitrogens is 2. The van der Waals surface area contributed by atoms with Crippen LogP contribution in [0.3, 0.4) is 0 Å². The molecule has 1 aromatic carbocycles. The fourth-order valence-corrected chi connectivity index (χ4v) is 1.85. The van der Waals surface area contributed by atoms with Gasteiger partial charge in [0.1, 0.15) is 5.02 Å². The first-order valence-corrected chi connectivity index (χ1v) is 5.74. The van der Waals surface area contributed by atoms with Crippen molar-refractivity contribution in [1.29, 1.82) is 0 Å². The van der Waals surface area contributed by atoms with Gasteiger partial charge in [-0.3, -0.25) is 19.1 Å². The van der Waals surface area contributed by atoms with Crippen LogP contribution in [0.1, 0.15) is 15.9 Å². The lowest BCUT2D eigenvalue weighted by Crippen LogP contribution is -2.30. The van der Waals surface area contributed by atoms with Crippen molar-refractivity contribution in [2.75, 3.05) is 0 Å². The first kappa shape index (κ1) is 13.1. The summed E-state index contributed by atoms with van der Waals surface area (Å²) in [7, 11) is 0. The molecule has 0 bridgehead atoms. The summed E-state index contributed by atoms with van der Waals surface area (Å²) in [6.45, 7) is 0.0917. The van der Waals surface area contributed by atoms with E-state index in [0.717, 1.165) is 0 Å². The lowest BCUT2D eigenvalue weighted by Gasteiger charge is -2.08. The van der Waals surface area contributed by atoms with E-state index in [2.05, 4.69) is 4.98 Å². The molecule has 98 valence electrons. The van der Waals surface area contributed by atoms with Crippen LogP contribution in [-0.4, -0.2) is 15.5 Å². The Labute approximate surface area is 112 Å². The Morgan fingerprint density at radius 2 is 2.00 bits per heavy atom. The molecule has 0 saturated heterocycles. The van der Waals surface area contributed by atoms with Crippen molar-refractivity contribution >= 4 is 17.5 Å². The summed E-state index contributed by atoms with van der Waals surface area (Å²) in [5, 5.41) is -0.101. The fraction of sp³-hybridized carbons (Fsp3) is 0.0833. The molecular formula is C12H10ClN3O3. The van der Waals surface area contributed by atoms with Crippen molar-refractivity contribution in [1.82, 2.24) is 9.55 Å². The lowest BCUT2D eigenvalue weighted by molar-refractivity contribution is 0.0999. The largest absolute Gasteiger partial charge is 0.366 e. The summed E-state index contributed by atoms with van der Waals surface area (Å²) in [6, 6.07) is 6.63. The number of nitrogens with zero attached hydrogens (tertiary/aromatic N) is 1. The van der Waals surface area contributed by atoms with Crippen LogP contribution in [-0.2, 0) is 6.54 Å². The molecule has 1 heterocycles. The van der Waals surface area contributed by atoms with Gasteiger partial charge in [0, 0.05) is 11.8 Å². The molecule has 0 saturated carbocycles. The minimum Gasteiger partial charge on any atom is -0.366 e. The van der Waals surface area contributed by atoms with Crippen molar-refractivity contribution in [3.63, 3.8) is 0 Å². The Hall–Kier alpha value is -2.34. The van der Waals surface area contributed by atoms with E-state index in [0.29, 0.717) is 11.1 Å². The number of H-pyrrole nitrogens is 1. The van der Waals surface area contributed by atoms with Gasteiger partial charge in [-0.25, -0.2) is 4.79 Å². The monoisotopic (exact) mass is 279 g/mol. The molecule has 3 N–H and O–H groups in total. The zero-order valence-corrected chi connectivity index (χ0v) is 10.5. The summed E-state index contributed by atoms with van der Waals surface area (Å²) in [4.78, 5) is 36.1. The maximum Gasteiger partial charge on any atom is 0.328 e. The number of benzene rings is 1. The van der Waals surface area contributed by atoms with E-state index in [1.165, 1.54) is 10.8 Å². The van der Waals surface area contributed by atoms with Crippen molar-refractivity contribution in [2.24, 2.45) is 5.73 Å². The summed E-state index contributed by atoms with van der Waals surface area (Å²) in [5.74, 6) is -0.584. The fourth-order valence-electron chi connectivity index (χ4n) is 1.68. The first-order chi connectivity index (χ1) is 8.99. The van der Waals surface area contributed by atoms with E-state index >= 15 is 0 Å². The smallest absolute Gasteiger partial charge is 0.328 e. The molecular weight excluding hydrogens is 270 g/mol. The molecule has 0 spiro atoms. The van der Waals surface area contributed by atoms with E-state index in [9.17, 15) is 14.4 Å². The third-order valence-electron chi connectivity index (χ3n) is 2.59. The normalized spacial score (nSPS) is 10.4.